The van der Waals surface area contributed by atoms with Crippen molar-refractivity contribution in [2.24, 2.45) is 0 Å². The number of rotatable bonds is 4. The Kier molecular flexibility index (Phi) is 4.22. The maximum absolute atomic E-state index is 11.2. The molecule has 0 aliphatic rings. The lowest BCUT2D eigenvalue weighted by molar-refractivity contribution is 0.601. The van der Waals surface area contributed by atoms with Gasteiger partial charge in [0.15, 0.2) is 9.84 Å². The van der Waals surface area contributed by atoms with E-state index in [4.69, 9.17) is 18.0 Å². The van der Waals surface area contributed by atoms with Crippen LogP contribution < -0.4 is 5.32 Å². The zero-order valence-corrected chi connectivity index (χ0v) is 10.4. The molecule has 0 bridgehead atoms. The lowest BCUT2D eigenvalue weighted by Gasteiger charge is -2.07. The van der Waals surface area contributed by atoms with Gasteiger partial charge in [0, 0.05) is 17.0 Å². The fraction of sp³-hybridized carbons (Fsp3) is 0.273. The Morgan fingerprint density at radius 2 is 2.19 bits per heavy atom. The van der Waals surface area contributed by atoms with Crippen LogP contribution in [0.1, 0.15) is 5.56 Å². The van der Waals surface area contributed by atoms with E-state index in [2.05, 4.69) is 11.2 Å². The number of halogens is 1. The van der Waals surface area contributed by atoms with E-state index >= 15 is 0 Å². The van der Waals surface area contributed by atoms with Crippen LogP contribution >= 0.6 is 11.6 Å². The van der Waals surface area contributed by atoms with Crippen LogP contribution in [-0.2, 0) is 15.6 Å². The molecule has 16 heavy (non-hydrogen) atoms. The third-order valence-electron chi connectivity index (χ3n) is 1.86. The molecular formula is C11H12ClNO2S. The topological polar surface area (TPSA) is 46.2 Å². The summed E-state index contributed by atoms with van der Waals surface area (Å²) in [5.41, 5.74) is 1.34. The predicted molar refractivity (Wildman–Crippen MR) is 67.3 cm³/mol. The Bertz CT molecular complexity index is 517. The molecule has 1 aromatic rings. The Labute approximate surface area is 101 Å². The minimum absolute atomic E-state index is 0.0720. The number of sulfone groups is 1. The molecule has 0 heterocycles. The molecule has 1 N–H and O–H groups in total. The van der Waals surface area contributed by atoms with Crippen LogP contribution in [0.3, 0.4) is 0 Å². The summed E-state index contributed by atoms with van der Waals surface area (Å²) in [5, 5.41) is 3.40. The van der Waals surface area contributed by atoms with E-state index < -0.39 is 9.84 Å². The van der Waals surface area contributed by atoms with Crippen molar-refractivity contribution in [1.29, 1.82) is 0 Å². The molecule has 0 unspecified atom stereocenters. The van der Waals surface area contributed by atoms with Crippen LogP contribution in [-0.4, -0.2) is 21.2 Å². The van der Waals surface area contributed by atoms with Crippen LogP contribution in [0, 0.1) is 12.3 Å². The van der Waals surface area contributed by atoms with Crippen LogP contribution in [0.4, 0.5) is 5.69 Å². The molecule has 0 saturated carbocycles. The molecule has 0 amide bonds. The molecule has 0 aromatic heterocycles. The van der Waals surface area contributed by atoms with Gasteiger partial charge in [-0.05, 0) is 23.8 Å². The van der Waals surface area contributed by atoms with Crippen molar-refractivity contribution in [3.63, 3.8) is 0 Å². The maximum Gasteiger partial charge on any atom is 0.151 e. The van der Waals surface area contributed by atoms with Crippen molar-refractivity contribution in [1.82, 2.24) is 0 Å². The normalized spacial score (nSPS) is 10.8. The quantitative estimate of drug-likeness (QED) is 0.839. The fourth-order valence-corrected chi connectivity index (χ4v) is 2.30. The highest BCUT2D eigenvalue weighted by Crippen LogP contribution is 2.22. The zero-order valence-electron chi connectivity index (χ0n) is 8.83. The highest BCUT2D eigenvalue weighted by atomic mass is 35.5. The molecule has 0 aliphatic heterocycles. The van der Waals surface area contributed by atoms with Gasteiger partial charge in [-0.1, -0.05) is 17.5 Å². The standard InChI is InChI=1S/C11H12ClNO2S/c1-3-6-13-10-4-5-11(12)9(7-10)8-16(2,14)15/h1,4-5,7,13H,6,8H2,2H3. The minimum Gasteiger partial charge on any atom is -0.374 e. The van der Waals surface area contributed by atoms with Crippen LogP contribution in [0.25, 0.3) is 0 Å². The van der Waals surface area contributed by atoms with E-state index in [1.165, 1.54) is 6.26 Å². The number of hydrogen-bond donors (Lipinski definition) is 1. The number of nitrogens with one attached hydrogen (secondary N) is 1. The van der Waals surface area contributed by atoms with Crippen molar-refractivity contribution in [2.75, 3.05) is 18.1 Å². The second kappa shape index (κ2) is 5.24. The number of benzene rings is 1. The summed E-state index contributed by atoms with van der Waals surface area (Å²) in [7, 11) is -3.09. The monoisotopic (exact) mass is 257 g/mol. The maximum atomic E-state index is 11.2. The van der Waals surface area contributed by atoms with E-state index in [0.717, 1.165) is 5.69 Å². The molecule has 0 atom stereocenters. The average molecular weight is 258 g/mol. The van der Waals surface area contributed by atoms with Gasteiger partial charge in [0.2, 0.25) is 0 Å². The number of hydrogen-bond acceptors (Lipinski definition) is 3. The minimum atomic E-state index is -3.09. The molecule has 0 aliphatic carbocycles. The van der Waals surface area contributed by atoms with Gasteiger partial charge >= 0.3 is 0 Å². The van der Waals surface area contributed by atoms with Gasteiger partial charge in [0.25, 0.3) is 0 Å². The predicted octanol–water partition coefficient (Wildman–Crippen LogP) is 1.93. The Hall–Kier alpha value is -1.18. The lowest BCUT2D eigenvalue weighted by atomic mass is 10.2. The van der Waals surface area contributed by atoms with Crippen molar-refractivity contribution in [3.8, 4) is 12.3 Å². The summed E-state index contributed by atoms with van der Waals surface area (Å²) in [6.07, 6.45) is 6.28. The third kappa shape index (κ3) is 4.13. The smallest absolute Gasteiger partial charge is 0.151 e. The summed E-state index contributed by atoms with van der Waals surface area (Å²) >= 11 is 5.90. The van der Waals surface area contributed by atoms with Crippen molar-refractivity contribution in [3.05, 3.63) is 28.8 Å². The van der Waals surface area contributed by atoms with E-state index in [1.807, 2.05) is 0 Å². The summed E-state index contributed by atoms with van der Waals surface area (Å²) < 4.78 is 22.3. The van der Waals surface area contributed by atoms with Crippen molar-refractivity contribution < 1.29 is 8.42 Å². The number of anilines is 1. The van der Waals surface area contributed by atoms with Crippen molar-refractivity contribution in [2.45, 2.75) is 5.75 Å². The van der Waals surface area contributed by atoms with Gasteiger partial charge in [-0.2, -0.15) is 0 Å². The molecule has 3 nitrogen and oxygen atoms in total. The molecule has 0 fully saturated rings. The first-order valence-corrected chi connectivity index (χ1v) is 7.00. The van der Waals surface area contributed by atoms with E-state index in [0.29, 0.717) is 17.1 Å². The molecular weight excluding hydrogens is 246 g/mol. The Balaban J connectivity index is 2.96. The lowest BCUT2D eigenvalue weighted by Crippen LogP contribution is -2.03. The second-order valence-electron chi connectivity index (χ2n) is 3.43. The second-order valence-corrected chi connectivity index (χ2v) is 5.98. The molecule has 1 aromatic carbocycles. The molecule has 0 radical (unpaired) electrons. The first-order valence-electron chi connectivity index (χ1n) is 4.56. The number of terminal acetylenes is 1. The van der Waals surface area contributed by atoms with Gasteiger partial charge in [0.1, 0.15) is 0 Å². The van der Waals surface area contributed by atoms with Gasteiger partial charge < -0.3 is 5.32 Å². The third-order valence-corrected chi connectivity index (χ3v) is 3.06. The van der Waals surface area contributed by atoms with Gasteiger partial charge in [-0.3, -0.25) is 0 Å². The summed E-state index contributed by atoms with van der Waals surface area (Å²) in [6, 6.07) is 5.10. The Morgan fingerprint density at radius 1 is 1.50 bits per heavy atom. The summed E-state index contributed by atoms with van der Waals surface area (Å²) in [5.74, 6) is 2.36. The fourth-order valence-electron chi connectivity index (χ4n) is 1.23. The SMILES string of the molecule is C#CCNc1ccc(Cl)c(CS(C)(=O)=O)c1. The molecule has 0 saturated heterocycles. The van der Waals surface area contributed by atoms with Gasteiger partial charge in [-0.25, -0.2) is 8.42 Å². The van der Waals surface area contributed by atoms with Crippen LogP contribution in [0.5, 0.6) is 0 Å². The molecule has 86 valence electrons. The molecule has 0 spiro atoms. The van der Waals surface area contributed by atoms with Gasteiger partial charge in [0.05, 0.1) is 12.3 Å². The summed E-state index contributed by atoms with van der Waals surface area (Å²) in [6.45, 7) is 0.389. The zero-order chi connectivity index (χ0) is 12.2. The van der Waals surface area contributed by atoms with Crippen LogP contribution in [0.15, 0.2) is 18.2 Å². The highest BCUT2D eigenvalue weighted by molar-refractivity contribution is 7.89. The average Bonchev–Trinajstić information content (AvgIpc) is 2.17. The molecule has 1 rings (SSSR count). The van der Waals surface area contributed by atoms with Gasteiger partial charge in [-0.15, -0.1) is 6.42 Å². The van der Waals surface area contributed by atoms with E-state index in [-0.39, 0.29) is 5.75 Å². The largest absolute Gasteiger partial charge is 0.374 e. The van der Waals surface area contributed by atoms with E-state index in [1.54, 1.807) is 18.2 Å². The first-order chi connectivity index (χ1) is 7.42. The Morgan fingerprint density at radius 3 is 2.75 bits per heavy atom. The van der Waals surface area contributed by atoms with Crippen molar-refractivity contribution >= 4 is 27.1 Å². The van der Waals surface area contributed by atoms with E-state index in [9.17, 15) is 8.42 Å². The molecule has 5 heteroatoms. The summed E-state index contributed by atoms with van der Waals surface area (Å²) in [4.78, 5) is 0. The van der Waals surface area contributed by atoms with Crippen LogP contribution in [0.2, 0.25) is 5.02 Å². The highest BCUT2D eigenvalue weighted by Gasteiger charge is 2.09. The first kappa shape index (κ1) is 12.9.